The van der Waals surface area contributed by atoms with Crippen molar-refractivity contribution in [3.8, 4) is 11.3 Å². The van der Waals surface area contributed by atoms with Gasteiger partial charge in [-0.1, -0.05) is 54.1 Å². The number of aromatic nitrogens is 3. The first kappa shape index (κ1) is 16.7. The standard InChI is InChI=1S/C20H14ClN3OS/c1-13-18(15-7-3-2-4-8-15)24-19(25)17(21)16(23-20(24)26-13)10-9-14-6-5-11-22-12-14/h2-12H,1H3. The number of benzene rings is 1. The molecule has 0 spiro atoms. The van der Waals surface area contributed by atoms with Crippen LogP contribution in [0.5, 0.6) is 0 Å². The van der Waals surface area contributed by atoms with Crippen LogP contribution in [0.2, 0.25) is 5.02 Å². The van der Waals surface area contributed by atoms with Crippen LogP contribution in [0.25, 0.3) is 28.4 Å². The van der Waals surface area contributed by atoms with Crippen molar-refractivity contribution in [1.29, 1.82) is 0 Å². The minimum Gasteiger partial charge on any atom is -0.267 e. The fourth-order valence-corrected chi connectivity index (χ4v) is 3.97. The molecule has 0 radical (unpaired) electrons. The molecule has 4 aromatic rings. The smallest absolute Gasteiger partial charge is 0.267 e. The third-order valence-corrected chi connectivity index (χ3v) is 5.30. The topological polar surface area (TPSA) is 47.3 Å². The van der Waals surface area contributed by atoms with E-state index in [2.05, 4.69) is 9.97 Å². The van der Waals surface area contributed by atoms with Crippen LogP contribution in [0.15, 0.2) is 59.7 Å². The molecule has 4 rings (SSSR count). The van der Waals surface area contributed by atoms with Gasteiger partial charge in [0, 0.05) is 17.3 Å². The summed E-state index contributed by atoms with van der Waals surface area (Å²) in [6.07, 6.45) is 7.03. The lowest BCUT2D eigenvalue weighted by Gasteiger charge is -2.04. The summed E-state index contributed by atoms with van der Waals surface area (Å²) in [6.45, 7) is 1.99. The van der Waals surface area contributed by atoms with Gasteiger partial charge in [0.05, 0.1) is 11.4 Å². The second-order valence-electron chi connectivity index (χ2n) is 5.73. The van der Waals surface area contributed by atoms with Gasteiger partial charge in [-0.05, 0) is 30.2 Å². The molecule has 4 nitrogen and oxygen atoms in total. The third-order valence-electron chi connectivity index (χ3n) is 3.99. The molecular formula is C20H14ClN3OS. The van der Waals surface area contributed by atoms with Crippen LogP contribution in [0.4, 0.5) is 0 Å². The summed E-state index contributed by atoms with van der Waals surface area (Å²) in [5.74, 6) is 0. The molecule has 0 aliphatic heterocycles. The summed E-state index contributed by atoms with van der Waals surface area (Å²) in [5, 5.41) is 0.109. The number of hydrogen-bond donors (Lipinski definition) is 0. The summed E-state index contributed by atoms with van der Waals surface area (Å²) >= 11 is 7.83. The molecule has 1 aromatic carbocycles. The van der Waals surface area contributed by atoms with Gasteiger partial charge in [0.2, 0.25) is 0 Å². The van der Waals surface area contributed by atoms with Gasteiger partial charge in [0.1, 0.15) is 5.02 Å². The molecule has 0 amide bonds. The maximum Gasteiger partial charge on any atom is 0.278 e. The average molecular weight is 380 g/mol. The van der Waals surface area contributed by atoms with Crippen molar-refractivity contribution in [2.45, 2.75) is 6.92 Å². The summed E-state index contributed by atoms with van der Waals surface area (Å²) in [4.78, 5) is 23.2. The predicted octanol–water partition coefficient (Wildman–Crippen LogP) is 4.95. The van der Waals surface area contributed by atoms with E-state index < -0.39 is 0 Å². The highest BCUT2D eigenvalue weighted by Crippen LogP contribution is 2.30. The Morgan fingerprint density at radius 2 is 1.92 bits per heavy atom. The first-order valence-electron chi connectivity index (χ1n) is 8.00. The van der Waals surface area contributed by atoms with E-state index in [9.17, 15) is 4.79 Å². The van der Waals surface area contributed by atoms with Crippen LogP contribution in [0.3, 0.4) is 0 Å². The number of nitrogens with zero attached hydrogens (tertiary/aromatic N) is 3. The lowest BCUT2D eigenvalue weighted by molar-refractivity contribution is 1.07. The highest BCUT2D eigenvalue weighted by molar-refractivity contribution is 7.17. The molecule has 128 valence electrons. The molecule has 0 saturated heterocycles. The van der Waals surface area contributed by atoms with E-state index in [1.54, 1.807) is 22.9 Å². The van der Waals surface area contributed by atoms with Gasteiger partial charge in [0.15, 0.2) is 4.96 Å². The zero-order chi connectivity index (χ0) is 18.1. The second-order valence-corrected chi connectivity index (χ2v) is 7.29. The molecule has 0 N–H and O–H groups in total. The Balaban J connectivity index is 1.89. The van der Waals surface area contributed by atoms with E-state index in [1.807, 2.05) is 55.5 Å². The molecule has 0 fully saturated rings. The van der Waals surface area contributed by atoms with Crippen LogP contribution in [0.1, 0.15) is 16.1 Å². The van der Waals surface area contributed by atoms with Gasteiger partial charge >= 0.3 is 0 Å². The van der Waals surface area contributed by atoms with Gasteiger partial charge in [0.25, 0.3) is 5.56 Å². The molecule has 0 unspecified atom stereocenters. The Morgan fingerprint density at radius 1 is 1.12 bits per heavy atom. The van der Waals surface area contributed by atoms with Gasteiger partial charge in [-0.15, -0.1) is 11.3 Å². The molecule has 26 heavy (non-hydrogen) atoms. The zero-order valence-electron chi connectivity index (χ0n) is 13.9. The summed E-state index contributed by atoms with van der Waals surface area (Å²) < 4.78 is 1.60. The minimum atomic E-state index is -0.259. The Hall–Kier alpha value is -2.76. The van der Waals surface area contributed by atoms with Crippen LogP contribution in [-0.2, 0) is 0 Å². The molecular weight excluding hydrogens is 366 g/mol. The Labute approximate surface area is 159 Å². The number of rotatable bonds is 3. The largest absolute Gasteiger partial charge is 0.278 e. The van der Waals surface area contributed by atoms with E-state index in [0.29, 0.717) is 10.7 Å². The van der Waals surface area contributed by atoms with Crippen LogP contribution in [-0.4, -0.2) is 14.4 Å². The number of hydrogen-bond acceptors (Lipinski definition) is 4. The Bertz CT molecular complexity index is 1160. The lowest BCUT2D eigenvalue weighted by atomic mass is 10.1. The summed E-state index contributed by atoms with van der Waals surface area (Å²) in [5.41, 5.74) is 2.92. The van der Waals surface area contributed by atoms with Crippen molar-refractivity contribution >= 4 is 40.1 Å². The van der Waals surface area contributed by atoms with Crippen molar-refractivity contribution in [3.63, 3.8) is 0 Å². The number of aryl methyl sites for hydroxylation is 1. The first-order chi connectivity index (χ1) is 12.6. The highest BCUT2D eigenvalue weighted by Gasteiger charge is 2.17. The summed E-state index contributed by atoms with van der Waals surface area (Å²) in [7, 11) is 0. The summed E-state index contributed by atoms with van der Waals surface area (Å²) in [6, 6.07) is 13.6. The van der Waals surface area contributed by atoms with E-state index in [0.717, 1.165) is 21.7 Å². The minimum absolute atomic E-state index is 0.109. The molecule has 0 saturated carbocycles. The number of fused-ring (bicyclic) bond motifs is 1. The zero-order valence-corrected chi connectivity index (χ0v) is 15.5. The molecule has 0 aliphatic rings. The van der Waals surface area contributed by atoms with Gasteiger partial charge in [-0.3, -0.25) is 9.78 Å². The van der Waals surface area contributed by atoms with Crippen molar-refractivity contribution in [3.05, 3.63) is 86.4 Å². The Morgan fingerprint density at radius 3 is 2.65 bits per heavy atom. The maximum atomic E-state index is 12.9. The quantitative estimate of drug-likeness (QED) is 0.506. The highest BCUT2D eigenvalue weighted by atomic mass is 35.5. The molecule has 3 heterocycles. The first-order valence-corrected chi connectivity index (χ1v) is 9.20. The van der Waals surface area contributed by atoms with Gasteiger partial charge in [-0.25, -0.2) is 9.38 Å². The molecule has 0 aliphatic carbocycles. The maximum absolute atomic E-state index is 12.9. The van der Waals surface area contributed by atoms with E-state index in [1.165, 1.54) is 11.3 Å². The SMILES string of the molecule is Cc1sc2nc(C=Cc3cccnc3)c(Cl)c(=O)n2c1-c1ccccc1. The normalized spacial score (nSPS) is 11.5. The lowest BCUT2D eigenvalue weighted by Crippen LogP contribution is -2.16. The van der Waals surface area contributed by atoms with E-state index in [4.69, 9.17) is 11.6 Å². The van der Waals surface area contributed by atoms with E-state index >= 15 is 0 Å². The molecule has 3 aromatic heterocycles. The number of pyridine rings is 1. The van der Waals surface area contributed by atoms with Gasteiger partial charge in [-0.2, -0.15) is 0 Å². The van der Waals surface area contributed by atoms with Crippen molar-refractivity contribution in [1.82, 2.24) is 14.4 Å². The Kier molecular flexibility index (Phi) is 4.41. The molecule has 6 heteroatoms. The van der Waals surface area contributed by atoms with Crippen molar-refractivity contribution in [2.75, 3.05) is 0 Å². The molecule has 0 atom stereocenters. The monoisotopic (exact) mass is 379 g/mol. The van der Waals surface area contributed by atoms with Crippen LogP contribution >= 0.6 is 22.9 Å². The fourth-order valence-electron chi connectivity index (χ4n) is 2.79. The number of thiazole rings is 1. The van der Waals surface area contributed by atoms with Crippen molar-refractivity contribution in [2.24, 2.45) is 0 Å². The average Bonchev–Trinajstić information content (AvgIpc) is 3.01. The van der Waals surface area contributed by atoms with Crippen LogP contribution < -0.4 is 5.56 Å². The predicted molar refractivity (Wildman–Crippen MR) is 108 cm³/mol. The fraction of sp³-hybridized carbons (Fsp3) is 0.0500. The second kappa shape index (κ2) is 6.86. The van der Waals surface area contributed by atoms with Crippen molar-refractivity contribution < 1.29 is 0 Å². The third kappa shape index (κ3) is 2.96. The van der Waals surface area contributed by atoms with E-state index in [-0.39, 0.29) is 10.6 Å². The van der Waals surface area contributed by atoms with Crippen LogP contribution in [0, 0.1) is 6.92 Å². The number of halogens is 1. The van der Waals surface area contributed by atoms with Gasteiger partial charge < -0.3 is 0 Å². The molecule has 0 bridgehead atoms.